The second-order valence-corrected chi connectivity index (χ2v) is 6.10. The summed E-state index contributed by atoms with van der Waals surface area (Å²) in [6.45, 7) is 9.22. The summed E-state index contributed by atoms with van der Waals surface area (Å²) >= 11 is 0. The van der Waals surface area contributed by atoms with Crippen molar-refractivity contribution in [2.75, 3.05) is 23.7 Å². The van der Waals surface area contributed by atoms with Crippen LogP contribution in [0.1, 0.15) is 33.6 Å². The molecule has 1 aliphatic rings. The lowest BCUT2D eigenvalue weighted by Crippen LogP contribution is -2.41. The summed E-state index contributed by atoms with van der Waals surface area (Å²) in [5, 5.41) is 0. The highest BCUT2D eigenvalue weighted by Gasteiger charge is 2.29. The molecule has 1 unspecified atom stereocenters. The van der Waals surface area contributed by atoms with Crippen molar-refractivity contribution >= 4 is 11.5 Å². The zero-order valence-corrected chi connectivity index (χ0v) is 11.1. The Labute approximate surface area is 104 Å². The zero-order valence-electron chi connectivity index (χ0n) is 11.1. The van der Waals surface area contributed by atoms with E-state index in [9.17, 15) is 0 Å². The molecule has 94 valence electrons. The van der Waals surface area contributed by atoms with Crippen molar-refractivity contribution in [3.63, 3.8) is 0 Å². The molecular formula is C14H23N3. The van der Waals surface area contributed by atoms with E-state index in [2.05, 4.69) is 30.7 Å². The third kappa shape index (κ3) is 2.90. The summed E-state index contributed by atoms with van der Waals surface area (Å²) < 4.78 is 0. The van der Waals surface area contributed by atoms with Gasteiger partial charge in [0.05, 0.1) is 11.9 Å². The minimum Gasteiger partial charge on any atom is -0.397 e. The van der Waals surface area contributed by atoms with E-state index in [0.29, 0.717) is 5.41 Å². The molecule has 0 bridgehead atoms. The van der Waals surface area contributed by atoms with Gasteiger partial charge >= 0.3 is 0 Å². The Bertz CT molecular complexity index is 364. The number of hydrogen-bond acceptors (Lipinski definition) is 3. The molecule has 0 saturated carbocycles. The standard InChI is InChI=1S/C14H23N3/c1-14(2,3)11-5-4-8-17(10-11)13-7-6-12(15)9-16-13/h6-7,9,11H,4-5,8,10,15H2,1-3H3. The maximum absolute atomic E-state index is 5.67. The van der Waals surface area contributed by atoms with Gasteiger partial charge < -0.3 is 10.6 Å². The van der Waals surface area contributed by atoms with E-state index in [4.69, 9.17) is 5.73 Å². The first-order chi connectivity index (χ1) is 7.97. The Kier molecular flexibility index (Phi) is 3.27. The Balaban J connectivity index is 2.09. The summed E-state index contributed by atoms with van der Waals surface area (Å²) in [4.78, 5) is 6.81. The van der Waals surface area contributed by atoms with Gasteiger partial charge in [0.1, 0.15) is 5.82 Å². The fourth-order valence-corrected chi connectivity index (χ4v) is 2.48. The molecule has 0 aliphatic carbocycles. The quantitative estimate of drug-likeness (QED) is 0.811. The fourth-order valence-electron chi connectivity index (χ4n) is 2.48. The van der Waals surface area contributed by atoms with Gasteiger partial charge in [-0.05, 0) is 36.3 Å². The van der Waals surface area contributed by atoms with E-state index in [0.717, 1.165) is 30.5 Å². The van der Waals surface area contributed by atoms with Crippen molar-refractivity contribution in [2.45, 2.75) is 33.6 Å². The van der Waals surface area contributed by atoms with E-state index in [1.54, 1.807) is 6.20 Å². The van der Waals surface area contributed by atoms with Crippen LogP contribution in [0, 0.1) is 11.3 Å². The van der Waals surface area contributed by atoms with Crippen LogP contribution in [-0.4, -0.2) is 18.1 Å². The number of nitrogens with two attached hydrogens (primary N) is 1. The Morgan fingerprint density at radius 2 is 2.12 bits per heavy atom. The van der Waals surface area contributed by atoms with E-state index in [-0.39, 0.29) is 0 Å². The minimum absolute atomic E-state index is 0.381. The average Bonchev–Trinajstić information content (AvgIpc) is 2.29. The number of pyridine rings is 1. The Hall–Kier alpha value is -1.25. The smallest absolute Gasteiger partial charge is 0.128 e. The minimum atomic E-state index is 0.381. The molecular weight excluding hydrogens is 210 g/mol. The lowest BCUT2D eigenvalue weighted by Gasteiger charge is -2.40. The molecule has 3 nitrogen and oxygen atoms in total. The van der Waals surface area contributed by atoms with E-state index in [1.807, 2.05) is 12.1 Å². The summed E-state index contributed by atoms with van der Waals surface area (Å²) in [7, 11) is 0. The lowest BCUT2D eigenvalue weighted by molar-refractivity contribution is 0.208. The van der Waals surface area contributed by atoms with E-state index < -0.39 is 0 Å². The van der Waals surface area contributed by atoms with Gasteiger partial charge in [0.25, 0.3) is 0 Å². The summed E-state index contributed by atoms with van der Waals surface area (Å²) in [6.07, 6.45) is 4.33. The van der Waals surface area contributed by atoms with Crippen molar-refractivity contribution in [3.8, 4) is 0 Å². The highest BCUT2D eigenvalue weighted by Crippen LogP contribution is 2.34. The van der Waals surface area contributed by atoms with Crippen LogP contribution in [0.2, 0.25) is 0 Å². The Morgan fingerprint density at radius 1 is 1.35 bits per heavy atom. The first-order valence-corrected chi connectivity index (χ1v) is 6.43. The molecule has 1 saturated heterocycles. The number of anilines is 2. The number of rotatable bonds is 1. The van der Waals surface area contributed by atoms with Gasteiger partial charge in [0.2, 0.25) is 0 Å². The summed E-state index contributed by atoms with van der Waals surface area (Å²) in [5.41, 5.74) is 6.79. The van der Waals surface area contributed by atoms with E-state index >= 15 is 0 Å². The van der Waals surface area contributed by atoms with Crippen molar-refractivity contribution in [1.82, 2.24) is 4.98 Å². The predicted molar refractivity (Wildman–Crippen MR) is 73.0 cm³/mol. The molecule has 1 aromatic rings. The molecule has 3 heteroatoms. The first-order valence-electron chi connectivity index (χ1n) is 6.43. The van der Waals surface area contributed by atoms with Crippen LogP contribution in [0.15, 0.2) is 18.3 Å². The largest absolute Gasteiger partial charge is 0.397 e. The second-order valence-electron chi connectivity index (χ2n) is 6.10. The van der Waals surface area contributed by atoms with Gasteiger partial charge in [-0.25, -0.2) is 4.98 Å². The maximum Gasteiger partial charge on any atom is 0.128 e. The molecule has 1 aromatic heterocycles. The van der Waals surface area contributed by atoms with Crippen LogP contribution in [-0.2, 0) is 0 Å². The van der Waals surface area contributed by atoms with Crippen LogP contribution in [0.3, 0.4) is 0 Å². The highest BCUT2D eigenvalue weighted by atomic mass is 15.2. The number of aromatic nitrogens is 1. The third-order valence-corrected chi connectivity index (χ3v) is 3.74. The van der Waals surface area contributed by atoms with Gasteiger partial charge in [-0.3, -0.25) is 0 Å². The predicted octanol–water partition coefficient (Wildman–Crippen LogP) is 2.93. The normalized spacial score (nSPS) is 21.6. The van der Waals surface area contributed by atoms with Crippen LogP contribution >= 0.6 is 0 Å². The number of nitrogen functional groups attached to an aromatic ring is 1. The molecule has 0 amide bonds. The second kappa shape index (κ2) is 4.55. The monoisotopic (exact) mass is 233 g/mol. The Morgan fingerprint density at radius 3 is 2.71 bits per heavy atom. The molecule has 1 atom stereocenters. The van der Waals surface area contributed by atoms with Crippen LogP contribution in [0.25, 0.3) is 0 Å². The van der Waals surface area contributed by atoms with Crippen LogP contribution in [0.5, 0.6) is 0 Å². The van der Waals surface area contributed by atoms with Gasteiger partial charge in [-0.1, -0.05) is 20.8 Å². The van der Waals surface area contributed by atoms with Crippen molar-refractivity contribution in [3.05, 3.63) is 18.3 Å². The molecule has 1 aliphatic heterocycles. The van der Waals surface area contributed by atoms with Gasteiger partial charge in [0.15, 0.2) is 0 Å². The zero-order chi connectivity index (χ0) is 12.5. The van der Waals surface area contributed by atoms with Crippen molar-refractivity contribution in [1.29, 1.82) is 0 Å². The third-order valence-electron chi connectivity index (χ3n) is 3.74. The van der Waals surface area contributed by atoms with E-state index in [1.165, 1.54) is 12.8 Å². The first kappa shape index (κ1) is 12.2. The van der Waals surface area contributed by atoms with Crippen molar-refractivity contribution < 1.29 is 0 Å². The molecule has 2 rings (SSSR count). The van der Waals surface area contributed by atoms with Gasteiger partial charge in [-0.2, -0.15) is 0 Å². The molecule has 2 heterocycles. The SMILES string of the molecule is CC(C)(C)C1CCCN(c2ccc(N)cn2)C1. The maximum atomic E-state index is 5.67. The number of hydrogen-bond donors (Lipinski definition) is 1. The molecule has 0 aromatic carbocycles. The molecule has 0 spiro atoms. The summed E-state index contributed by atoms with van der Waals surface area (Å²) in [6, 6.07) is 3.96. The topological polar surface area (TPSA) is 42.1 Å². The number of piperidine rings is 1. The van der Waals surface area contributed by atoms with Crippen LogP contribution < -0.4 is 10.6 Å². The number of nitrogens with zero attached hydrogens (tertiary/aromatic N) is 2. The molecule has 2 N–H and O–H groups in total. The van der Waals surface area contributed by atoms with Crippen molar-refractivity contribution in [2.24, 2.45) is 11.3 Å². The lowest BCUT2D eigenvalue weighted by atomic mass is 9.76. The average molecular weight is 233 g/mol. The fraction of sp³-hybridized carbons (Fsp3) is 0.643. The molecule has 17 heavy (non-hydrogen) atoms. The summed E-state index contributed by atoms with van der Waals surface area (Å²) in [5.74, 6) is 1.81. The van der Waals surface area contributed by atoms with Gasteiger partial charge in [0, 0.05) is 13.1 Å². The molecule has 0 radical (unpaired) electrons. The van der Waals surface area contributed by atoms with Crippen LogP contribution in [0.4, 0.5) is 11.5 Å². The van der Waals surface area contributed by atoms with Gasteiger partial charge in [-0.15, -0.1) is 0 Å². The highest BCUT2D eigenvalue weighted by molar-refractivity contribution is 5.46. The molecule has 1 fully saturated rings.